The first-order valence-electron chi connectivity index (χ1n) is 6.99. The fraction of sp³-hybridized carbons (Fsp3) is 0.235. The number of carbonyl (C=O) groups excluding carboxylic acids is 1. The summed E-state index contributed by atoms with van der Waals surface area (Å²) in [4.78, 5) is 12.1. The van der Waals surface area contributed by atoms with Gasteiger partial charge in [0.25, 0.3) is 5.91 Å². The van der Waals surface area contributed by atoms with Crippen molar-refractivity contribution in [3.63, 3.8) is 0 Å². The highest BCUT2D eigenvalue weighted by molar-refractivity contribution is 5.96. The SMILES string of the molecule is CCOc1ccccc1C(=O)NCCOc1ccccc1. The fourth-order valence-electron chi connectivity index (χ4n) is 1.88. The summed E-state index contributed by atoms with van der Waals surface area (Å²) in [6, 6.07) is 16.7. The second kappa shape index (κ2) is 7.94. The first-order chi connectivity index (χ1) is 10.3. The molecule has 0 radical (unpaired) electrons. The Morgan fingerprint density at radius 2 is 1.71 bits per heavy atom. The molecule has 0 aliphatic rings. The lowest BCUT2D eigenvalue weighted by Crippen LogP contribution is -2.28. The molecule has 4 heteroatoms. The van der Waals surface area contributed by atoms with E-state index in [4.69, 9.17) is 9.47 Å². The predicted molar refractivity (Wildman–Crippen MR) is 81.9 cm³/mol. The van der Waals surface area contributed by atoms with Gasteiger partial charge >= 0.3 is 0 Å². The largest absolute Gasteiger partial charge is 0.493 e. The molecule has 21 heavy (non-hydrogen) atoms. The van der Waals surface area contributed by atoms with Crippen LogP contribution in [0, 0.1) is 0 Å². The summed E-state index contributed by atoms with van der Waals surface area (Å²) < 4.78 is 11.0. The Labute approximate surface area is 124 Å². The molecule has 0 fully saturated rings. The molecule has 0 unspecified atom stereocenters. The second-order valence-electron chi connectivity index (χ2n) is 4.35. The zero-order valence-electron chi connectivity index (χ0n) is 12.0. The summed E-state index contributed by atoms with van der Waals surface area (Å²) in [7, 11) is 0. The van der Waals surface area contributed by atoms with Gasteiger partial charge in [-0.3, -0.25) is 4.79 Å². The van der Waals surface area contributed by atoms with Gasteiger partial charge < -0.3 is 14.8 Å². The van der Waals surface area contributed by atoms with Crippen LogP contribution in [0.25, 0.3) is 0 Å². The summed E-state index contributed by atoms with van der Waals surface area (Å²) in [5.41, 5.74) is 0.541. The van der Waals surface area contributed by atoms with Gasteiger partial charge in [0.05, 0.1) is 18.7 Å². The molecular weight excluding hydrogens is 266 g/mol. The number of benzene rings is 2. The van der Waals surface area contributed by atoms with Gasteiger partial charge in [-0.25, -0.2) is 0 Å². The van der Waals surface area contributed by atoms with Crippen molar-refractivity contribution in [2.75, 3.05) is 19.8 Å². The van der Waals surface area contributed by atoms with Gasteiger partial charge in [-0.05, 0) is 31.2 Å². The van der Waals surface area contributed by atoms with Crippen LogP contribution in [0.2, 0.25) is 0 Å². The summed E-state index contributed by atoms with van der Waals surface area (Å²) in [6.45, 7) is 3.28. The van der Waals surface area contributed by atoms with Crippen LogP contribution < -0.4 is 14.8 Å². The molecule has 110 valence electrons. The van der Waals surface area contributed by atoms with Crippen LogP contribution in [-0.4, -0.2) is 25.7 Å². The van der Waals surface area contributed by atoms with Crippen molar-refractivity contribution in [1.82, 2.24) is 5.32 Å². The Morgan fingerprint density at radius 3 is 2.48 bits per heavy atom. The fourth-order valence-corrected chi connectivity index (χ4v) is 1.88. The van der Waals surface area contributed by atoms with Crippen molar-refractivity contribution in [2.24, 2.45) is 0 Å². The lowest BCUT2D eigenvalue weighted by Gasteiger charge is -2.11. The van der Waals surface area contributed by atoms with Crippen LogP contribution >= 0.6 is 0 Å². The van der Waals surface area contributed by atoms with Crippen molar-refractivity contribution < 1.29 is 14.3 Å². The van der Waals surface area contributed by atoms with Crippen molar-refractivity contribution in [3.8, 4) is 11.5 Å². The van der Waals surface area contributed by atoms with E-state index >= 15 is 0 Å². The second-order valence-corrected chi connectivity index (χ2v) is 4.35. The highest BCUT2D eigenvalue weighted by Crippen LogP contribution is 2.17. The molecule has 0 saturated heterocycles. The van der Waals surface area contributed by atoms with Gasteiger partial charge in [-0.15, -0.1) is 0 Å². The lowest BCUT2D eigenvalue weighted by atomic mass is 10.2. The molecule has 1 amide bonds. The van der Waals surface area contributed by atoms with Gasteiger partial charge in [0, 0.05) is 0 Å². The number of ether oxygens (including phenoxy) is 2. The molecule has 0 heterocycles. The molecule has 0 aliphatic heterocycles. The van der Waals surface area contributed by atoms with E-state index < -0.39 is 0 Å². The summed E-state index contributed by atoms with van der Waals surface area (Å²) in [5.74, 6) is 1.23. The molecule has 0 aromatic heterocycles. The maximum Gasteiger partial charge on any atom is 0.255 e. The van der Waals surface area contributed by atoms with Gasteiger partial charge in [-0.2, -0.15) is 0 Å². The Hall–Kier alpha value is -2.49. The average Bonchev–Trinajstić information content (AvgIpc) is 2.53. The number of para-hydroxylation sites is 2. The minimum Gasteiger partial charge on any atom is -0.493 e. The summed E-state index contributed by atoms with van der Waals surface area (Å²) in [5, 5.41) is 2.82. The summed E-state index contributed by atoms with van der Waals surface area (Å²) in [6.07, 6.45) is 0. The minimum absolute atomic E-state index is 0.157. The van der Waals surface area contributed by atoms with E-state index in [1.54, 1.807) is 12.1 Å². The molecule has 2 rings (SSSR count). The highest BCUT2D eigenvalue weighted by atomic mass is 16.5. The molecule has 1 N–H and O–H groups in total. The maximum atomic E-state index is 12.1. The molecule has 0 atom stereocenters. The number of nitrogens with one attached hydrogen (secondary N) is 1. The van der Waals surface area contributed by atoms with Crippen molar-refractivity contribution in [1.29, 1.82) is 0 Å². The Bertz CT molecular complexity index is 569. The molecule has 2 aromatic rings. The third kappa shape index (κ3) is 4.53. The smallest absolute Gasteiger partial charge is 0.255 e. The third-order valence-electron chi connectivity index (χ3n) is 2.83. The van der Waals surface area contributed by atoms with Gasteiger partial charge in [0.2, 0.25) is 0 Å². The molecule has 0 bridgehead atoms. The van der Waals surface area contributed by atoms with Gasteiger partial charge in [-0.1, -0.05) is 30.3 Å². The van der Waals surface area contributed by atoms with E-state index in [2.05, 4.69) is 5.32 Å². The van der Waals surface area contributed by atoms with Gasteiger partial charge in [0.15, 0.2) is 0 Å². The number of carbonyl (C=O) groups is 1. The predicted octanol–water partition coefficient (Wildman–Crippen LogP) is 2.89. The zero-order valence-corrected chi connectivity index (χ0v) is 12.0. The first kappa shape index (κ1) is 14.9. The van der Waals surface area contributed by atoms with Crippen LogP contribution in [0.1, 0.15) is 17.3 Å². The maximum absolute atomic E-state index is 12.1. The van der Waals surface area contributed by atoms with Crippen LogP contribution in [0.4, 0.5) is 0 Å². The van der Waals surface area contributed by atoms with E-state index in [0.29, 0.717) is 31.1 Å². The van der Waals surface area contributed by atoms with E-state index in [9.17, 15) is 4.79 Å². The van der Waals surface area contributed by atoms with E-state index in [0.717, 1.165) is 5.75 Å². The number of rotatable bonds is 7. The monoisotopic (exact) mass is 285 g/mol. The Balaban J connectivity index is 1.82. The average molecular weight is 285 g/mol. The van der Waals surface area contributed by atoms with E-state index in [1.807, 2.05) is 49.4 Å². The van der Waals surface area contributed by atoms with Crippen molar-refractivity contribution in [2.45, 2.75) is 6.92 Å². The lowest BCUT2D eigenvalue weighted by molar-refractivity contribution is 0.0943. The molecular formula is C17H19NO3. The van der Waals surface area contributed by atoms with Crippen LogP contribution in [0.3, 0.4) is 0 Å². The van der Waals surface area contributed by atoms with Crippen LogP contribution in [0.15, 0.2) is 54.6 Å². The molecule has 0 spiro atoms. The molecule has 2 aromatic carbocycles. The topological polar surface area (TPSA) is 47.6 Å². The van der Waals surface area contributed by atoms with E-state index in [-0.39, 0.29) is 5.91 Å². The normalized spacial score (nSPS) is 9.95. The standard InChI is InChI=1S/C17H19NO3/c1-2-20-16-11-7-6-10-15(16)17(19)18-12-13-21-14-8-4-3-5-9-14/h3-11H,2,12-13H2,1H3,(H,18,19). The van der Waals surface area contributed by atoms with Crippen LogP contribution in [-0.2, 0) is 0 Å². The minimum atomic E-state index is -0.157. The third-order valence-corrected chi connectivity index (χ3v) is 2.83. The highest BCUT2D eigenvalue weighted by Gasteiger charge is 2.10. The molecule has 0 aliphatic carbocycles. The number of amides is 1. The number of hydrogen-bond donors (Lipinski definition) is 1. The summed E-state index contributed by atoms with van der Waals surface area (Å²) >= 11 is 0. The Morgan fingerprint density at radius 1 is 1.00 bits per heavy atom. The first-order valence-corrected chi connectivity index (χ1v) is 6.99. The molecule has 4 nitrogen and oxygen atoms in total. The zero-order chi connectivity index (χ0) is 14.9. The van der Waals surface area contributed by atoms with Gasteiger partial charge in [0.1, 0.15) is 18.1 Å². The van der Waals surface area contributed by atoms with E-state index in [1.165, 1.54) is 0 Å². The number of hydrogen-bond acceptors (Lipinski definition) is 3. The van der Waals surface area contributed by atoms with Crippen molar-refractivity contribution >= 4 is 5.91 Å². The molecule has 0 saturated carbocycles. The van der Waals surface area contributed by atoms with Crippen LogP contribution in [0.5, 0.6) is 11.5 Å². The van der Waals surface area contributed by atoms with Crippen molar-refractivity contribution in [3.05, 3.63) is 60.2 Å². The Kier molecular flexibility index (Phi) is 5.64. The quantitative estimate of drug-likeness (QED) is 0.796.